The summed E-state index contributed by atoms with van der Waals surface area (Å²) in [7, 11) is 0. The lowest BCUT2D eigenvalue weighted by molar-refractivity contribution is -0.121. The summed E-state index contributed by atoms with van der Waals surface area (Å²) in [5.41, 5.74) is 0. The summed E-state index contributed by atoms with van der Waals surface area (Å²) in [6.45, 7) is 5.19. The molecule has 1 rings (SSSR count). The third-order valence-electron chi connectivity index (χ3n) is 1.91. The Balaban J connectivity index is 2.10. The molecule has 0 saturated heterocycles. The largest absolute Gasteiger partial charge is 0.453 e. The van der Waals surface area contributed by atoms with Crippen molar-refractivity contribution in [1.82, 2.24) is 10.6 Å². The topological polar surface area (TPSA) is 54.3 Å². The maximum absolute atomic E-state index is 11.3. The van der Waals surface area contributed by atoms with Gasteiger partial charge in [-0.3, -0.25) is 4.79 Å². The van der Waals surface area contributed by atoms with Crippen LogP contribution in [0.3, 0.4) is 0 Å². The molecule has 16 heavy (non-hydrogen) atoms. The van der Waals surface area contributed by atoms with Crippen molar-refractivity contribution in [2.75, 3.05) is 6.54 Å². The van der Waals surface area contributed by atoms with E-state index in [0.29, 0.717) is 19.5 Å². The second kappa shape index (κ2) is 6.70. The van der Waals surface area contributed by atoms with E-state index >= 15 is 0 Å². The highest BCUT2D eigenvalue weighted by Gasteiger charge is 2.03. The first-order valence-corrected chi connectivity index (χ1v) is 6.11. The van der Waals surface area contributed by atoms with Gasteiger partial charge in [0.1, 0.15) is 5.76 Å². The van der Waals surface area contributed by atoms with Crippen molar-refractivity contribution in [2.45, 2.75) is 32.9 Å². The third kappa shape index (κ3) is 5.32. The summed E-state index contributed by atoms with van der Waals surface area (Å²) in [4.78, 5) is 11.3. The number of hydrogen-bond donors (Lipinski definition) is 2. The number of halogens is 1. The van der Waals surface area contributed by atoms with Crippen molar-refractivity contribution in [3.63, 3.8) is 0 Å². The smallest absolute Gasteiger partial charge is 0.221 e. The second-order valence-electron chi connectivity index (χ2n) is 3.85. The quantitative estimate of drug-likeness (QED) is 0.788. The first kappa shape index (κ1) is 13.3. The van der Waals surface area contributed by atoms with Crippen LogP contribution in [0.4, 0.5) is 0 Å². The normalized spacial score (nSPS) is 10.8. The number of rotatable bonds is 6. The SMILES string of the molecule is CC(C)NC(=O)CCNCc1ccc(Br)o1. The molecule has 0 radical (unpaired) electrons. The van der Waals surface area contributed by atoms with Crippen LogP contribution in [0.5, 0.6) is 0 Å². The molecule has 2 N–H and O–H groups in total. The average molecular weight is 289 g/mol. The van der Waals surface area contributed by atoms with Gasteiger partial charge in [-0.1, -0.05) is 0 Å². The molecule has 0 aromatic carbocycles. The molecular formula is C11H17BrN2O2. The Hall–Kier alpha value is -0.810. The predicted molar refractivity (Wildman–Crippen MR) is 66.0 cm³/mol. The van der Waals surface area contributed by atoms with Gasteiger partial charge in [-0.25, -0.2) is 0 Å². The fraction of sp³-hybridized carbons (Fsp3) is 0.545. The average Bonchev–Trinajstić information content (AvgIpc) is 2.58. The summed E-state index contributed by atoms with van der Waals surface area (Å²) >= 11 is 3.23. The molecule has 1 aromatic rings. The van der Waals surface area contributed by atoms with Gasteiger partial charge in [0.05, 0.1) is 6.54 Å². The van der Waals surface area contributed by atoms with Crippen LogP contribution in [0, 0.1) is 0 Å². The van der Waals surface area contributed by atoms with E-state index in [1.807, 2.05) is 26.0 Å². The Morgan fingerprint density at radius 2 is 2.25 bits per heavy atom. The van der Waals surface area contributed by atoms with Gasteiger partial charge >= 0.3 is 0 Å². The van der Waals surface area contributed by atoms with Crippen LogP contribution in [0.25, 0.3) is 0 Å². The molecule has 1 heterocycles. The Labute approximate surface area is 104 Å². The van der Waals surface area contributed by atoms with Gasteiger partial charge in [-0.05, 0) is 41.9 Å². The maximum Gasteiger partial charge on any atom is 0.221 e. The Morgan fingerprint density at radius 1 is 1.50 bits per heavy atom. The van der Waals surface area contributed by atoms with Crippen LogP contribution in [0.2, 0.25) is 0 Å². The highest BCUT2D eigenvalue weighted by Crippen LogP contribution is 2.13. The van der Waals surface area contributed by atoms with E-state index in [1.165, 1.54) is 0 Å². The zero-order valence-corrected chi connectivity index (χ0v) is 11.1. The predicted octanol–water partition coefficient (Wildman–Crippen LogP) is 2.05. The molecule has 0 fully saturated rings. The van der Waals surface area contributed by atoms with E-state index in [2.05, 4.69) is 26.6 Å². The van der Waals surface area contributed by atoms with Gasteiger partial charge in [0.25, 0.3) is 0 Å². The van der Waals surface area contributed by atoms with Crippen LogP contribution in [-0.4, -0.2) is 18.5 Å². The summed E-state index contributed by atoms with van der Waals surface area (Å²) in [5, 5.41) is 5.98. The molecule has 0 saturated carbocycles. The number of carbonyl (C=O) groups is 1. The molecule has 0 aliphatic rings. The summed E-state index contributed by atoms with van der Waals surface area (Å²) < 4.78 is 6.03. The monoisotopic (exact) mass is 288 g/mol. The first-order chi connectivity index (χ1) is 7.58. The lowest BCUT2D eigenvalue weighted by atomic mass is 10.3. The maximum atomic E-state index is 11.3. The van der Waals surface area contributed by atoms with E-state index in [4.69, 9.17) is 4.42 Å². The molecular weight excluding hydrogens is 272 g/mol. The molecule has 4 nitrogen and oxygen atoms in total. The Kier molecular flexibility index (Phi) is 5.55. The van der Waals surface area contributed by atoms with Gasteiger partial charge in [-0.15, -0.1) is 0 Å². The summed E-state index contributed by atoms with van der Waals surface area (Å²) in [6.07, 6.45) is 0.486. The van der Waals surface area contributed by atoms with Crippen molar-refractivity contribution < 1.29 is 9.21 Å². The van der Waals surface area contributed by atoms with Crippen LogP contribution >= 0.6 is 15.9 Å². The third-order valence-corrected chi connectivity index (χ3v) is 2.33. The molecule has 90 valence electrons. The minimum atomic E-state index is 0.0723. The van der Waals surface area contributed by atoms with Crippen LogP contribution in [-0.2, 0) is 11.3 Å². The van der Waals surface area contributed by atoms with Crippen molar-refractivity contribution in [1.29, 1.82) is 0 Å². The Morgan fingerprint density at radius 3 is 2.81 bits per heavy atom. The van der Waals surface area contributed by atoms with Crippen molar-refractivity contribution in [3.8, 4) is 0 Å². The molecule has 1 aromatic heterocycles. The van der Waals surface area contributed by atoms with E-state index in [1.54, 1.807) is 0 Å². The summed E-state index contributed by atoms with van der Waals surface area (Å²) in [5.74, 6) is 0.930. The first-order valence-electron chi connectivity index (χ1n) is 5.32. The molecule has 1 amide bonds. The number of amides is 1. The standard InChI is InChI=1S/C11H17BrN2O2/c1-8(2)14-11(15)5-6-13-7-9-3-4-10(12)16-9/h3-4,8,13H,5-7H2,1-2H3,(H,14,15). The van der Waals surface area contributed by atoms with Crippen molar-refractivity contribution in [2.24, 2.45) is 0 Å². The molecule has 0 aliphatic carbocycles. The van der Waals surface area contributed by atoms with Crippen LogP contribution in [0.15, 0.2) is 21.2 Å². The van der Waals surface area contributed by atoms with E-state index in [9.17, 15) is 4.79 Å². The number of furan rings is 1. The zero-order valence-electron chi connectivity index (χ0n) is 9.55. The summed E-state index contributed by atoms with van der Waals surface area (Å²) in [6, 6.07) is 3.95. The zero-order chi connectivity index (χ0) is 12.0. The highest BCUT2D eigenvalue weighted by molar-refractivity contribution is 9.10. The van der Waals surface area contributed by atoms with E-state index < -0.39 is 0 Å². The number of carbonyl (C=O) groups excluding carboxylic acids is 1. The van der Waals surface area contributed by atoms with E-state index in [-0.39, 0.29) is 11.9 Å². The van der Waals surface area contributed by atoms with Crippen molar-refractivity contribution >= 4 is 21.8 Å². The molecule has 5 heteroatoms. The fourth-order valence-corrected chi connectivity index (χ4v) is 1.59. The molecule has 0 unspecified atom stereocenters. The van der Waals surface area contributed by atoms with Crippen LogP contribution in [0.1, 0.15) is 26.0 Å². The van der Waals surface area contributed by atoms with Gasteiger partial charge in [-0.2, -0.15) is 0 Å². The lowest BCUT2D eigenvalue weighted by Gasteiger charge is -2.08. The van der Waals surface area contributed by atoms with Gasteiger partial charge in [0.2, 0.25) is 5.91 Å². The molecule has 0 bridgehead atoms. The highest BCUT2D eigenvalue weighted by atomic mass is 79.9. The van der Waals surface area contributed by atoms with Crippen molar-refractivity contribution in [3.05, 3.63) is 22.6 Å². The lowest BCUT2D eigenvalue weighted by Crippen LogP contribution is -2.32. The fourth-order valence-electron chi connectivity index (χ4n) is 1.25. The molecule has 0 spiro atoms. The minimum Gasteiger partial charge on any atom is -0.453 e. The van der Waals surface area contributed by atoms with Gasteiger partial charge < -0.3 is 15.1 Å². The molecule has 0 atom stereocenters. The van der Waals surface area contributed by atoms with Gasteiger partial charge in [0.15, 0.2) is 4.67 Å². The number of hydrogen-bond acceptors (Lipinski definition) is 3. The number of nitrogens with one attached hydrogen (secondary N) is 2. The Bertz CT molecular complexity index is 336. The minimum absolute atomic E-state index is 0.0723. The van der Waals surface area contributed by atoms with Gasteiger partial charge in [0, 0.05) is 19.0 Å². The second-order valence-corrected chi connectivity index (χ2v) is 4.64. The van der Waals surface area contributed by atoms with Crippen LogP contribution < -0.4 is 10.6 Å². The molecule has 0 aliphatic heterocycles. The van der Waals surface area contributed by atoms with E-state index in [0.717, 1.165) is 10.4 Å².